The molecule has 0 fully saturated rings. The molecule has 1 aromatic heterocycles. The number of carbonyl (C=O) groups is 1. The van der Waals surface area contributed by atoms with E-state index in [1.165, 1.54) is 11.1 Å². The van der Waals surface area contributed by atoms with Crippen LogP contribution < -0.4 is 10.6 Å². The van der Waals surface area contributed by atoms with Gasteiger partial charge in [0.2, 0.25) is 5.89 Å². The fourth-order valence-electron chi connectivity index (χ4n) is 3.05. The normalized spacial score (nSPS) is 12.8. The van der Waals surface area contributed by atoms with Gasteiger partial charge < -0.3 is 15.1 Å². The van der Waals surface area contributed by atoms with Crippen molar-refractivity contribution in [2.45, 2.75) is 26.6 Å². The smallest absolute Gasteiger partial charge is 0.273 e. The topological polar surface area (TPSA) is 67.2 Å². The number of nitrogens with one attached hydrogen (secondary N) is 2. The second-order valence-electron chi connectivity index (χ2n) is 6.32. The lowest BCUT2D eigenvalue weighted by Gasteiger charge is -2.06. The molecule has 5 nitrogen and oxygen atoms in total. The number of nitrogens with zero attached hydrogens (tertiary/aromatic N) is 1. The summed E-state index contributed by atoms with van der Waals surface area (Å²) in [6.45, 7) is 3.98. The molecule has 132 valence electrons. The predicted molar refractivity (Wildman–Crippen MR) is 99.8 cm³/mol. The minimum Gasteiger partial charge on any atom is -0.441 e. The predicted octanol–water partition coefficient (Wildman–Crippen LogP) is 3.84. The maximum atomic E-state index is 12.5. The average molecular weight is 368 g/mol. The Morgan fingerprint density at radius 1 is 1.19 bits per heavy atom. The van der Waals surface area contributed by atoms with E-state index in [0.717, 1.165) is 24.2 Å². The fraction of sp³-hybridized carbons (Fsp3) is 0.200. The lowest BCUT2D eigenvalue weighted by molar-refractivity contribution is 0.0945. The Balaban J connectivity index is 1.47. The standard InChI is InChI=1S/C20H18ClN3O2/c1-12-18(24-20(26-12)14-4-6-17(21)7-5-14)19(25)23-9-13-2-3-15-10-22-11-16(15)8-13/h2-8,22H,9-11H2,1H3,(H,23,25). The SMILES string of the molecule is Cc1oc(-c2ccc(Cl)cc2)nc1C(=O)NCc1ccc2c(c1)CNC2. The van der Waals surface area contributed by atoms with Crippen LogP contribution in [0.5, 0.6) is 0 Å². The minimum absolute atomic E-state index is 0.245. The molecular weight excluding hydrogens is 350 g/mol. The molecule has 6 heteroatoms. The number of halogens is 1. The number of hydrogen-bond donors (Lipinski definition) is 2. The second-order valence-corrected chi connectivity index (χ2v) is 6.76. The average Bonchev–Trinajstić information content (AvgIpc) is 3.26. The molecule has 1 aliphatic rings. The van der Waals surface area contributed by atoms with E-state index in [1.807, 2.05) is 18.2 Å². The van der Waals surface area contributed by atoms with E-state index >= 15 is 0 Å². The molecular formula is C20H18ClN3O2. The third kappa shape index (κ3) is 3.36. The number of aromatic nitrogens is 1. The molecule has 2 aromatic carbocycles. The Bertz CT molecular complexity index is 964. The first-order chi connectivity index (χ1) is 12.6. The fourth-order valence-corrected chi connectivity index (χ4v) is 3.17. The van der Waals surface area contributed by atoms with E-state index in [9.17, 15) is 4.79 Å². The highest BCUT2D eigenvalue weighted by Gasteiger charge is 2.18. The molecule has 26 heavy (non-hydrogen) atoms. The highest BCUT2D eigenvalue weighted by molar-refractivity contribution is 6.30. The van der Waals surface area contributed by atoms with Gasteiger partial charge in [0.1, 0.15) is 5.76 Å². The Hall–Kier alpha value is -2.63. The lowest BCUT2D eigenvalue weighted by atomic mass is 10.1. The Labute approximate surface area is 156 Å². The summed E-state index contributed by atoms with van der Waals surface area (Å²) < 4.78 is 5.65. The summed E-state index contributed by atoms with van der Waals surface area (Å²) in [5.41, 5.74) is 4.76. The number of carbonyl (C=O) groups excluding carboxylic acids is 1. The van der Waals surface area contributed by atoms with Crippen molar-refractivity contribution in [3.05, 3.63) is 75.6 Å². The van der Waals surface area contributed by atoms with Gasteiger partial charge in [0.15, 0.2) is 5.69 Å². The number of rotatable bonds is 4. The largest absolute Gasteiger partial charge is 0.441 e. The zero-order valence-corrected chi connectivity index (χ0v) is 15.1. The molecule has 0 saturated carbocycles. The van der Waals surface area contributed by atoms with Crippen molar-refractivity contribution >= 4 is 17.5 Å². The van der Waals surface area contributed by atoms with Crippen molar-refractivity contribution in [2.24, 2.45) is 0 Å². The first-order valence-electron chi connectivity index (χ1n) is 8.43. The summed E-state index contributed by atoms with van der Waals surface area (Å²) in [6.07, 6.45) is 0. The van der Waals surface area contributed by atoms with Crippen molar-refractivity contribution < 1.29 is 9.21 Å². The van der Waals surface area contributed by atoms with Gasteiger partial charge in [-0.1, -0.05) is 29.8 Å². The molecule has 0 atom stereocenters. The first kappa shape index (κ1) is 16.8. The van der Waals surface area contributed by atoms with Crippen LogP contribution in [0, 0.1) is 6.92 Å². The van der Waals surface area contributed by atoms with Gasteiger partial charge in [-0.05, 0) is 47.9 Å². The molecule has 4 rings (SSSR count). The highest BCUT2D eigenvalue weighted by Crippen LogP contribution is 2.23. The molecule has 2 N–H and O–H groups in total. The van der Waals surface area contributed by atoms with E-state index in [4.69, 9.17) is 16.0 Å². The summed E-state index contributed by atoms with van der Waals surface area (Å²) >= 11 is 5.90. The van der Waals surface area contributed by atoms with Crippen LogP contribution in [0.3, 0.4) is 0 Å². The van der Waals surface area contributed by atoms with Gasteiger partial charge in [0, 0.05) is 30.2 Å². The van der Waals surface area contributed by atoms with E-state index in [1.54, 1.807) is 19.1 Å². The van der Waals surface area contributed by atoms with E-state index in [2.05, 4.69) is 27.8 Å². The van der Waals surface area contributed by atoms with Crippen LogP contribution in [-0.2, 0) is 19.6 Å². The maximum Gasteiger partial charge on any atom is 0.273 e. The molecule has 1 amide bonds. The number of hydrogen-bond acceptors (Lipinski definition) is 4. The summed E-state index contributed by atoms with van der Waals surface area (Å²) in [7, 11) is 0. The zero-order valence-electron chi connectivity index (χ0n) is 14.3. The molecule has 1 aliphatic heterocycles. The zero-order chi connectivity index (χ0) is 18.1. The Kier molecular flexibility index (Phi) is 4.49. The van der Waals surface area contributed by atoms with Crippen LogP contribution in [0.15, 0.2) is 46.9 Å². The van der Waals surface area contributed by atoms with Gasteiger partial charge >= 0.3 is 0 Å². The minimum atomic E-state index is -0.245. The van der Waals surface area contributed by atoms with E-state index in [0.29, 0.717) is 28.9 Å². The van der Waals surface area contributed by atoms with Crippen LogP contribution in [0.4, 0.5) is 0 Å². The van der Waals surface area contributed by atoms with Crippen molar-refractivity contribution in [1.82, 2.24) is 15.6 Å². The molecule has 0 aliphatic carbocycles. The monoisotopic (exact) mass is 367 g/mol. The number of benzene rings is 2. The van der Waals surface area contributed by atoms with Crippen LogP contribution >= 0.6 is 11.6 Å². The highest BCUT2D eigenvalue weighted by atomic mass is 35.5. The number of fused-ring (bicyclic) bond motifs is 1. The molecule has 0 bridgehead atoms. The Morgan fingerprint density at radius 2 is 1.96 bits per heavy atom. The van der Waals surface area contributed by atoms with Gasteiger partial charge in [0.25, 0.3) is 5.91 Å². The third-order valence-corrected chi connectivity index (χ3v) is 4.71. The summed E-state index contributed by atoms with van der Waals surface area (Å²) in [5.74, 6) is 0.656. The molecule has 0 spiro atoms. The van der Waals surface area contributed by atoms with Crippen LogP contribution in [0.1, 0.15) is 32.9 Å². The quantitative estimate of drug-likeness (QED) is 0.735. The second kappa shape index (κ2) is 6.94. The molecule has 3 aromatic rings. The van der Waals surface area contributed by atoms with E-state index in [-0.39, 0.29) is 5.91 Å². The third-order valence-electron chi connectivity index (χ3n) is 4.46. The number of aryl methyl sites for hydroxylation is 1. The first-order valence-corrected chi connectivity index (χ1v) is 8.81. The van der Waals surface area contributed by atoms with Crippen LogP contribution in [0.2, 0.25) is 5.02 Å². The van der Waals surface area contributed by atoms with Crippen LogP contribution in [-0.4, -0.2) is 10.9 Å². The lowest BCUT2D eigenvalue weighted by Crippen LogP contribution is -2.23. The van der Waals surface area contributed by atoms with Crippen molar-refractivity contribution in [3.8, 4) is 11.5 Å². The Morgan fingerprint density at radius 3 is 2.77 bits per heavy atom. The molecule has 0 radical (unpaired) electrons. The molecule has 0 saturated heterocycles. The number of amides is 1. The van der Waals surface area contributed by atoms with Crippen LogP contribution in [0.25, 0.3) is 11.5 Å². The molecule has 0 unspecified atom stereocenters. The van der Waals surface area contributed by atoms with Crippen molar-refractivity contribution in [1.29, 1.82) is 0 Å². The molecule has 2 heterocycles. The van der Waals surface area contributed by atoms with Gasteiger partial charge in [-0.2, -0.15) is 0 Å². The van der Waals surface area contributed by atoms with E-state index < -0.39 is 0 Å². The van der Waals surface area contributed by atoms with Gasteiger partial charge in [-0.15, -0.1) is 0 Å². The summed E-state index contributed by atoms with van der Waals surface area (Å²) in [4.78, 5) is 16.9. The van der Waals surface area contributed by atoms with Gasteiger partial charge in [-0.3, -0.25) is 4.79 Å². The summed E-state index contributed by atoms with van der Waals surface area (Å²) in [5, 5.41) is 6.87. The summed E-state index contributed by atoms with van der Waals surface area (Å²) in [6, 6.07) is 13.4. The van der Waals surface area contributed by atoms with Gasteiger partial charge in [-0.25, -0.2) is 4.98 Å². The van der Waals surface area contributed by atoms with Gasteiger partial charge in [0.05, 0.1) is 0 Å². The maximum absolute atomic E-state index is 12.5. The number of oxazole rings is 1. The van der Waals surface area contributed by atoms with Crippen molar-refractivity contribution in [2.75, 3.05) is 0 Å². The van der Waals surface area contributed by atoms with Crippen molar-refractivity contribution in [3.63, 3.8) is 0 Å².